The Bertz CT molecular complexity index is 1440. The molecule has 0 unspecified atom stereocenters. The van der Waals surface area contributed by atoms with Crippen molar-refractivity contribution >= 4 is 34.8 Å². The number of para-hydroxylation sites is 1. The fourth-order valence-corrected chi connectivity index (χ4v) is 6.03. The number of carbonyl (C=O) groups excluding carboxylic acids is 3. The number of likely N-dealkylation sites (tertiary alicyclic amines) is 1. The highest BCUT2D eigenvalue weighted by Gasteiger charge is 2.30. The number of piperidine rings is 1. The summed E-state index contributed by atoms with van der Waals surface area (Å²) in [7, 11) is 2.14. The van der Waals surface area contributed by atoms with E-state index in [0.29, 0.717) is 55.0 Å². The second-order valence-electron chi connectivity index (χ2n) is 11.8. The molecule has 1 saturated carbocycles. The van der Waals surface area contributed by atoms with Gasteiger partial charge in [0.05, 0.1) is 11.4 Å². The Hall–Kier alpha value is -4.34. The van der Waals surface area contributed by atoms with Crippen molar-refractivity contribution in [2.45, 2.75) is 56.9 Å². The third kappa shape index (κ3) is 6.84. The number of amides is 3. The summed E-state index contributed by atoms with van der Waals surface area (Å²) in [5.74, 6) is 0.537. The van der Waals surface area contributed by atoms with Gasteiger partial charge in [0.2, 0.25) is 5.91 Å². The van der Waals surface area contributed by atoms with Gasteiger partial charge in [-0.2, -0.15) is 0 Å². The highest BCUT2D eigenvalue weighted by atomic mass is 16.3. The average Bonchev–Trinajstić information content (AvgIpc) is 3.62. The zero-order valence-electron chi connectivity index (χ0n) is 24.8. The zero-order chi connectivity index (χ0) is 29.8. The Labute approximate surface area is 252 Å². The first kappa shape index (κ1) is 28.8. The van der Waals surface area contributed by atoms with Crippen molar-refractivity contribution in [3.63, 3.8) is 0 Å². The van der Waals surface area contributed by atoms with Crippen LogP contribution in [-0.4, -0.2) is 73.4 Å². The molecule has 0 atom stereocenters. The van der Waals surface area contributed by atoms with Gasteiger partial charge in [-0.15, -0.1) is 0 Å². The molecule has 1 aliphatic carbocycles. The van der Waals surface area contributed by atoms with Crippen LogP contribution in [0.1, 0.15) is 77.6 Å². The van der Waals surface area contributed by atoms with Gasteiger partial charge in [-0.25, -0.2) is 4.98 Å². The minimum Gasteiger partial charge on any atom is -0.448 e. The van der Waals surface area contributed by atoms with Gasteiger partial charge in [0.25, 0.3) is 11.8 Å². The molecule has 2 aromatic carbocycles. The van der Waals surface area contributed by atoms with Crippen LogP contribution in [0.15, 0.2) is 59.2 Å². The molecule has 3 heterocycles. The summed E-state index contributed by atoms with van der Waals surface area (Å²) in [6, 6.07) is 16.3. The molecule has 226 valence electrons. The summed E-state index contributed by atoms with van der Waals surface area (Å²) in [4.78, 5) is 49.1. The van der Waals surface area contributed by atoms with Gasteiger partial charge in [-0.3, -0.25) is 14.4 Å². The first-order chi connectivity index (χ1) is 21.0. The number of nitrogens with zero attached hydrogens (tertiary/aromatic N) is 4. The lowest BCUT2D eigenvalue weighted by molar-refractivity contribution is -0.127. The van der Waals surface area contributed by atoms with E-state index in [2.05, 4.69) is 56.7 Å². The third-order valence-electron chi connectivity index (χ3n) is 8.77. The first-order valence-corrected chi connectivity index (χ1v) is 15.5. The van der Waals surface area contributed by atoms with Crippen molar-refractivity contribution in [1.82, 2.24) is 15.2 Å². The Morgan fingerprint density at radius 1 is 1.02 bits per heavy atom. The third-order valence-corrected chi connectivity index (χ3v) is 8.77. The predicted octanol–water partition coefficient (Wildman–Crippen LogP) is 4.65. The van der Waals surface area contributed by atoms with E-state index in [4.69, 9.17) is 4.42 Å². The predicted molar refractivity (Wildman–Crippen MR) is 166 cm³/mol. The SMILES string of the molecule is CN(c1ccccc1)C1CCN(c2ccc(C(=O)NCCCN3CCCC3=O)cc2NC(=O)c2coc(C3CC3)n2)CC1. The first-order valence-electron chi connectivity index (χ1n) is 15.5. The Kier molecular flexibility index (Phi) is 8.62. The number of oxazole rings is 1. The van der Waals surface area contributed by atoms with Crippen LogP contribution in [0.2, 0.25) is 0 Å². The monoisotopic (exact) mass is 584 g/mol. The molecular weight excluding hydrogens is 544 g/mol. The topological polar surface area (TPSA) is 111 Å². The molecule has 0 bridgehead atoms. The molecule has 0 radical (unpaired) electrons. The number of carbonyl (C=O) groups is 3. The summed E-state index contributed by atoms with van der Waals surface area (Å²) in [5.41, 5.74) is 3.36. The average molecular weight is 585 g/mol. The second kappa shape index (κ2) is 12.9. The van der Waals surface area contributed by atoms with Gasteiger partial charge in [-0.05, 0) is 68.9 Å². The molecule has 10 nitrogen and oxygen atoms in total. The smallest absolute Gasteiger partial charge is 0.277 e. The molecule has 3 aromatic rings. The number of hydrogen-bond donors (Lipinski definition) is 2. The Morgan fingerprint density at radius 3 is 2.53 bits per heavy atom. The van der Waals surface area contributed by atoms with Crippen LogP contribution in [0.4, 0.5) is 17.1 Å². The molecule has 10 heteroatoms. The lowest BCUT2D eigenvalue weighted by Gasteiger charge is -2.39. The molecule has 43 heavy (non-hydrogen) atoms. The van der Waals surface area contributed by atoms with Crippen molar-refractivity contribution in [2.24, 2.45) is 0 Å². The molecule has 3 aliphatic rings. The van der Waals surface area contributed by atoms with Crippen molar-refractivity contribution in [3.05, 3.63) is 71.9 Å². The molecule has 2 aliphatic heterocycles. The highest BCUT2D eigenvalue weighted by Crippen LogP contribution is 2.39. The quantitative estimate of drug-likeness (QED) is 0.316. The maximum absolute atomic E-state index is 13.3. The van der Waals surface area contributed by atoms with Gasteiger partial charge in [0.15, 0.2) is 11.6 Å². The molecule has 2 saturated heterocycles. The number of benzene rings is 2. The maximum atomic E-state index is 13.3. The lowest BCUT2D eigenvalue weighted by Crippen LogP contribution is -2.43. The van der Waals surface area contributed by atoms with Gasteiger partial charge < -0.3 is 29.8 Å². The van der Waals surface area contributed by atoms with Crippen LogP contribution in [0.25, 0.3) is 0 Å². The molecule has 1 aromatic heterocycles. The largest absolute Gasteiger partial charge is 0.448 e. The summed E-state index contributed by atoms with van der Waals surface area (Å²) in [6.07, 6.45) is 7.63. The standard InChI is InChI=1S/C33H40N6O4/c1-37(25-7-3-2-4-8-25)26-14-19-38(20-15-26)29-13-12-24(31(41)34-16-6-18-39-17-5-9-30(39)40)21-27(29)35-32(42)28-22-43-33(36-28)23-10-11-23/h2-4,7-8,12-13,21-23,26H,5-6,9-11,14-20H2,1H3,(H,34,41)(H,35,42). The van der Waals surface area contributed by atoms with E-state index in [1.807, 2.05) is 23.1 Å². The summed E-state index contributed by atoms with van der Waals surface area (Å²) in [6.45, 7) is 3.56. The molecule has 3 fully saturated rings. The van der Waals surface area contributed by atoms with Crippen molar-refractivity contribution in [2.75, 3.05) is 54.9 Å². The minimum absolute atomic E-state index is 0.189. The van der Waals surface area contributed by atoms with Gasteiger partial charge in [0, 0.05) is 69.4 Å². The number of nitrogens with one attached hydrogen (secondary N) is 2. The maximum Gasteiger partial charge on any atom is 0.277 e. The number of aromatic nitrogens is 1. The second-order valence-corrected chi connectivity index (χ2v) is 11.8. The molecule has 0 spiro atoms. The van der Waals surface area contributed by atoms with Crippen molar-refractivity contribution < 1.29 is 18.8 Å². The van der Waals surface area contributed by atoms with Crippen molar-refractivity contribution in [3.8, 4) is 0 Å². The van der Waals surface area contributed by atoms with Crippen molar-refractivity contribution in [1.29, 1.82) is 0 Å². The fourth-order valence-electron chi connectivity index (χ4n) is 6.03. The van der Waals surface area contributed by atoms with E-state index in [0.717, 1.165) is 57.4 Å². The lowest BCUT2D eigenvalue weighted by atomic mass is 10.0. The summed E-state index contributed by atoms with van der Waals surface area (Å²) >= 11 is 0. The van der Waals surface area contributed by atoms with Crippen LogP contribution >= 0.6 is 0 Å². The van der Waals surface area contributed by atoms with E-state index >= 15 is 0 Å². The van der Waals surface area contributed by atoms with Crippen LogP contribution in [0, 0.1) is 0 Å². The van der Waals surface area contributed by atoms with Crippen LogP contribution in [0.5, 0.6) is 0 Å². The number of anilines is 3. The normalized spacial score (nSPS) is 17.3. The van der Waals surface area contributed by atoms with Gasteiger partial charge >= 0.3 is 0 Å². The molecule has 2 N–H and O–H groups in total. The van der Waals surface area contributed by atoms with E-state index in [1.54, 1.807) is 6.07 Å². The van der Waals surface area contributed by atoms with Crippen LogP contribution < -0.4 is 20.4 Å². The van der Waals surface area contributed by atoms with Crippen LogP contribution in [0.3, 0.4) is 0 Å². The molecule has 3 amide bonds. The van der Waals surface area contributed by atoms with Gasteiger partial charge in [-0.1, -0.05) is 18.2 Å². The summed E-state index contributed by atoms with van der Waals surface area (Å²) in [5, 5.41) is 5.99. The number of hydrogen-bond acceptors (Lipinski definition) is 7. The van der Waals surface area contributed by atoms with E-state index in [-0.39, 0.29) is 23.4 Å². The van der Waals surface area contributed by atoms with E-state index < -0.39 is 0 Å². The summed E-state index contributed by atoms with van der Waals surface area (Å²) < 4.78 is 5.55. The van der Waals surface area contributed by atoms with E-state index in [1.165, 1.54) is 12.0 Å². The Balaban J connectivity index is 1.14. The zero-order valence-corrected chi connectivity index (χ0v) is 24.8. The minimum atomic E-state index is -0.358. The highest BCUT2D eigenvalue weighted by molar-refractivity contribution is 6.06. The number of rotatable bonds is 11. The molecular formula is C33H40N6O4. The van der Waals surface area contributed by atoms with Crippen LogP contribution in [-0.2, 0) is 4.79 Å². The fraction of sp³-hybridized carbons (Fsp3) is 0.455. The van der Waals surface area contributed by atoms with E-state index in [9.17, 15) is 14.4 Å². The van der Waals surface area contributed by atoms with Gasteiger partial charge in [0.1, 0.15) is 6.26 Å². The Morgan fingerprint density at radius 2 is 1.81 bits per heavy atom. The molecule has 6 rings (SSSR count).